The molecule has 0 saturated carbocycles. The largest absolute Gasteiger partial charge is 0.479 e. The third-order valence-electron chi connectivity index (χ3n) is 3.50. The Labute approximate surface area is 126 Å². The van der Waals surface area contributed by atoms with E-state index in [-0.39, 0.29) is 11.1 Å². The van der Waals surface area contributed by atoms with Gasteiger partial charge in [-0.05, 0) is 44.5 Å². The molecule has 0 saturated heterocycles. The van der Waals surface area contributed by atoms with E-state index in [4.69, 9.17) is 4.42 Å². The molecule has 0 aliphatic carbocycles. The van der Waals surface area contributed by atoms with E-state index in [9.17, 15) is 19.1 Å². The number of furan rings is 1. The van der Waals surface area contributed by atoms with Crippen molar-refractivity contribution in [1.29, 1.82) is 0 Å². The number of amides is 1. The van der Waals surface area contributed by atoms with Gasteiger partial charge in [0.1, 0.15) is 17.3 Å². The number of benzene rings is 1. The monoisotopic (exact) mass is 305 g/mol. The quantitative estimate of drug-likeness (QED) is 0.910. The number of carbonyl (C=O) groups is 2. The second kappa shape index (κ2) is 5.63. The third-order valence-corrected chi connectivity index (χ3v) is 3.50. The van der Waals surface area contributed by atoms with Gasteiger partial charge < -0.3 is 14.8 Å². The lowest BCUT2D eigenvalue weighted by Crippen LogP contribution is -2.49. The molecule has 0 spiro atoms. The van der Waals surface area contributed by atoms with Crippen LogP contribution in [-0.2, 0) is 10.3 Å². The number of rotatable bonds is 4. The predicted octanol–water partition coefficient (Wildman–Crippen LogP) is 2.77. The van der Waals surface area contributed by atoms with Gasteiger partial charge in [0.05, 0.1) is 5.56 Å². The Balaban J connectivity index is 2.36. The van der Waals surface area contributed by atoms with Gasteiger partial charge in [-0.15, -0.1) is 0 Å². The van der Waals surface area contributed by atoms with Gasteiger partial charge in [-0.2, -0.15) is 0 Å². The normalized spacial score (nSPS) is 13.5. The highest BCUT2D eigenvalue weighted by atomic mass is 19.1. The van der Waals surface area contributed by atoms with Crippen LogP contribution in [-0.4, -0.2) is 17.0 Å². The summed E-state index contributed by atoms with van der Waals surface area (Å²) in [6.45, 7) is 4.67. The molecule has 1 aromatic carbocycles. The minimum Gasteiger partial charge on any atom is -0.479 e. The Morgan fingerprint density at radius 2 is 1.82 bits per heavy atom. The summed E-state index contributed by atoms with van der Waals surface area (Å²) in [7, 11) is 0. The van der Waals surface area contributed by atoms with Gasteiger partial charge in [-0.3, -0.25) is 4.79 Å². The lowest BCUT2D eigenvalue weighted by Gasteiger charge is -2.26. The van der Waals surface area contributed by atoms with Crippen LogP contribution in [0.2, 0.25) is 0 Å². The van der Waals surface area contributed by atoms with E-state index in [2.05, 4.69) is 5.32 Å². The Hall–Kier alpha value is -2.63. The lowest BCUT2D eigenvalue weighted by atomic mass is 9.91. The number of hydrogen-bond acceptors (Lipinski definition) is 3. The molecular weight excluding hydrogens is 289 g/mol. The zero-order chi connectivity index (χ0) is 16.5. The van der Waals surface area contributed by atoms with Crippen LogP contribution in [0.4, 0.5) is 4.39 Å². The molecule has 5 nitrogen and oxygen atoms in total. The number of hydrogen-bond donors (Lipinski definition) is 2. The van der Waals surface area contributed by atoms with E-state index in [0.29, 0.717) is 11.5 Å². The Morgan fingerprint density at radius 1 is 1.23 bits per heavy atom. The maximum Gasteiger partial charge on any atom is 0.333 e. The number of carboxylic acids is 1. The van der Waals surface area contributed by atoms with Crippen LogP contribution < -0.4 is 5.32 Å². The van der Waals surface area contributed by atoms with E-state index < -0.39 is 23.2 Å². The zero-order valence-electron chi connectivity index (χ0n) is 12.4. The molecule has 0 aliphatic rings. The van der Waals surface area contributed by atoms with E-state index >= 15 is 0 Å². The van der Waals surface area contributed by atoms with Crippen molar-refractivity contribution < 1.29 is 23.5 Å². The van der Waals surface area contributed by atoms with E-state index in [1.54, 1.807) is 13.8 Å². The Bertz CT molecular complexity index is 720. The van der Waals surface area contributed by atoms with Crippen molar-refractivity contribution in [2.75, 3.05) is 0 Å². The fourth-order valence-corrected chi connectivity index (χ4v) is 2.18. The standard InChI is InChI=1S/C16H16FNO4/c1-9-8-13(10(2)22-9)14(19)18-16(3,15(20)21)11-4-6-12(17)7-5-11/h4-8H,1-3H3,(H,18,19)(H,20,21). The summed E-state index contributed by atoms with van der Waals surface area (Å²) in [6.07, 6.45) is 0. The van der Waals surface area contributed by atoms with Crippen LogP contribution >= 0.6 is 0 Å². The van der Waals surface area contributed by atoms with Gasteiger partial charge in [0.25, 0.3) is 5.91 Å². The van der Waals surface area contributed by atoms with Gasteiger partial charge in [0.2, 0.25) is 0 Å². The summed E-state index contributed by atoms with van der Waals surface area (Å²) in [4.78, 5) is 24.0. The molecule has 1 atom stereocenters. The molecule has 0 bridgehead atoms. The highest BCUT2D eigenvalue weighted by Crippen LogP contribution is 2.23. The molecule has 1 amide bonds. The second-order valence-electron chi connectivity index (χ2n) is 5.22. The van der Waals surface area contributed by atoms with Crippen molar-refractivity contribution in [1.82, 2.24) is 5.32 Å². The van der Waals surface area contributed by atoms with Crippen molar-refractivity contribution >= 4 is 11.9 Å². The molecule has 1 unspecified atom stereocenters. The third kappa shape index (κ3) is 2.86. The SMILES string of the molecule is Cc1cc(C(=O)NC(C)(C(=O)O)c2ccc(F)cc2)c(C)o1. The number of nitrogens with one attached hydrogen (secondary N) is 1. The molecule has 116 valence electrons. The fraction of sp³-hybridized carbons (Fsp3) is 0.250. The second-order valence-corrected chi connectivity index (χ2v) is 5.22. The van der Waals surface area contributed by atoms with Crippen LogP contribution in [0.25, 0.3) is 0 Å². The van der Waals surface area contributed by atoms with Gasteiger partial charge in [-0.25, -0.2) is 9.18 Å². The molecule has 22 heavy (non-hydrogen) atoms. The summed E-state index contributed by atoms with van der Waals surface area (Å²) in [5, 5.41) is 12.0. The molecule has 2 N–H and O–H groups in total. The topological polar surface area (TPSA) is 79.5 Å². The first-order chi connectivity index (χ1) is 10.2. The van der Waals surface area contributed by atoms with Crippen LogP contribution in [0.1, 0.15) is 34.4 Å². The summed E-state index contributed by atoms with van der Waals surface area (Å²) in [5.41, 5.74) is -1.14. The summed E-state index contributed by atoms with van der Waals surface area (Å²) in [5.74, 6) is -1.33. The van der Waals surface area contributed by atoms with E-state index in [1.807, 2.05) is 0 Å². The predicted molar refractivity (Wildman–Crippen MR) is 77.0 cm³/mol. The molecule has 6 heteroatoms. The van der Waals surface area contributed by atoms with Gasteiger partial charge in [0.15, 0.2) is 5.54 Å². The Morgan fingerprint density at radius 3 is 2.27 bits per heavy atom. The maximum absolute atomic E-state index is 13.0. The molecule has 0 fully saturated rings. The number of aliphatic carboxylic acids is 1. The molecule has 1 heterocycles. The van der Waals surface area contributed by atoms with Crippen molar-refractivity contribution in [2.45, 2.75) is 26.3 Å². The molecule has 0 aliphatic heterocycles. The number of halogens is 1. The first kappa shape index (κ1) is 15.8. The van der Waals surface area contributed by atoms with Crippen LogP contribution in [0.5, 0.6) is 0 Å². The summed E-state index contributed by atoms with van der Waals surface area (Å²) < 4.78 is 18.3. The van der Waals surface area contributed by atoms with Gasteiger partial charge in [-0.1, -0.05) is 12.1 Å². The van der Waals surface area contributed by atoms with Crippen molar-refractivity contribution in [2.24, 2.45) is 0 Å². The smallest absolute Gasteiger partial charge is 0.333 e. The Kier molecular flexibility index (Phi) is 4.03. The van der Waals surface area contributed by atoms with Crippen LogP contribution in [0.15, 0.2) is 34.7 Å². The number of carbonyl (C=O) groups excluding carboxylic acids is 1. The average Bonchev–Trinajstić information content (AvgIpc) is 2.78. The molecule has 0 radical (unpaired) electrons. The minimum absolute atomic E-state index is 0.270. The first-order valence-corrected chi connectivity index (χ1v) is 6.63. The minimum atomic E-state index is -1.68. The number of aryl methyl sites for hydroxylation is 2. The van der Waals surface area contributed by atoms with Crippen LogP contribution in [0.3, 0.4) is 0 Å². The van der Waals surface area contributed by atoms with Crippen molar-refractivity contribution in [3.63, 3.8) is 0 Å². The van der Waals surface area contributed by atoms with Crippen molar-refractivity contribution in [3.05, 3.63) is 58.8 Å². The van der Waals surface area contributed by atoms with Crippen molar-refractivity contribution in [3.8, 4) is 0 Å². The molecule has 2 rings (SSSR count). The van der Waals surface area contributed by atoms with Gasteiger partial charge >= 0.3 is 5.97 Å². The van der Waals surface area contributed by atoms with Gasteiger partial charge in [0, 0.05) is 0 Å². The lowest BCUT2D eigenvalue weighted by molar-refractivity contribution is -0.144. The van der Waals surface area contributed by atoms with E-state index in [1.165, 1.54) is 25.1 Å². The van der Waals surface area contributed by atoms with Crippen LogP contribution in [0, 0.1) is 19.7 Å². The highest BCUT2D eigenvalue weighted by molar-refractivity contribution is 5.98. The molecular formula is C16H16FNO4. The maximum atomic E-state index is 13.0. The first-order valence-electron chi connectivity index (χ1n) is 6.63. The zero-order valence-corrected chi connectivity index (χ0v) is 12.4. The fourth-order valence-electron chi connectivity index (χ4n) is 2.18. The molecule has 2 aromatic rings. The summed E-state index contributed by atoms with van der Waals surface area (Å²) >= 11 is 0. The highest BCUT2D eigenvalue weighted by Gasteiger charge is 2.37. The van der Waals surface area contributed by atoms with E-state index in [0.717, 1.165) is 12.1 Å². The summed E-state index contributed by atoms with van der Waals surface area (Å²) in [6, 6.07) is 6.50. The average molecular weight is 305 g/mol. The number of carboxylic acid groups (broad SMARTS) is 1. The molecule has 1 aromatic heterocycles.